The van der Waals surface area contributed by atoms with Crippen molar-refractivity contribution in [1.29, 1.82) is 0 Å². The Hall–Kier alpha value is -2.89. The van der Waals surface area contributed by atoms with Crippen LogP contribution in [0.1, 0.15) is 18.4 Å². The van der Waals surface area contributed by atoms with Crippen molar-refractivity contribution in [2.45, 2.75) is 31.2 Å². The zero-order valence-corrected chi connectivity index (χ0v) is 16.9. The number of aliphatic hydroxyl groups is 1. The Morgan fingerprint density at radius 1 is 1.25 bits per heavy atom. The van der Waals surface area contributed by atoms with Crippen LogP contribution in [0.5, 0.6) is 0 Å². The molecule has 0 bridgehead atoms. The molecular weight excluding hydrogens is 438 g/mol. The highest BCUT2D eigenvalue weighted by Gasteiger charge is 2.59. The van der Waals surface area contributed by atoms with Gasteiger partial charge in [-0.2, -0.15) is 13.2 Å². The lowest BCUT2D eigenvalue weighted by molar-refractivity contribution is -0.210. The van der Waals surface area contributed by atoms with Crippen LogP contribution in [0.3, 0.4) is 0 Å². The first-order chi connectivity index (χ1) is 15.0. The molecule has 3 aliphatic rings. The number of halogens is 4. The van der Waals surface area contributed by atoms with Gasteiger partial charge in [0.1, 0.15) is 11.9 Å². The summed E-state index contributed by atoms with van der Waals surface area (Å²) in [5, 5.41) is 11.7. The van der Waals surface area contributed by atoms with E-state index in [-0.39, 0.29) is 55.5 Å². The van der Waals surface area contributed by atoms with Crippen LogP contribution >= 0.6 is 0 Å². The largest absolute Gasteiger partial charge is 0.442 e. The Labute approximate surface area is 180 Å². The molecule has 2 saturated heterocycles. The fourth-order valence-electron chi connectivity index (χ4n) is 4.53. The van der Waals surface area contributed by atoms with Crippen molar-refractivity contribution in [1.82, 2.24) is 10.2 Å². The summed E-state index contributed by atoms with van der Waals surface area (Å²) < 4.78 is 57.6. The molecule has 2 aliphatic heterocycles. The molecule has 1 aromatic rings. The monoisotopic (exact) mass is 459 g/mol. The lowest BCUT2D eigenvalue weighted by atomic mass is 10.0. The zero-order valence-electron chi connectivity index (χ0n) is 16.9. The number of rotatable bonds is 5. The molecule has 2 heterocycles. The third kappa shape index (κ3) is 4.10. The number of benzene rings is 1. The van der Waals surface area contributed by atoms with Crippen molar-refractivity contribution in [2.24, 2.45) is 11.8 Å². The molecule has 4 rings (SSSR count). The second-order valence-corrected chi connectivity index (χ2v) is 8.30. The van der Waals surface area contributed by atoms with E-state index in [0.717, 1.165) is 4.90 Å². The molecule has 5 atom stereocenters. The number of hydrogen-bond donors (Lipinski definition) is 2. The lowest BCUT2D eigenvalue weighted by Crippen LogP contribution is -2.46. The summed E-state index contributed by atoms with van der Waals surface area (Å²) in [5.41, 5.74) is 0.659. The Balaban J connectivity index is 1.37. The van der Waals surface area contributed by atoms with Gasteiger partial charge in [-0.1, -0.05) is 6.07 Å². The maximum absolute atomic E-state index is 14.8. The summed E-state index contributed by atoms with van der Waals surface area (Å²) in [6, 6.07) is 4.28. The van der Waals surface area contributed by atoms with Gasteiger partial charge in [-0.15, -0.1) is 0 Å². The van der Waals surface area contributed by atoms with E-state index in [1.54, 1.807) is 6.07 Å². The van der Waals surface area contributed by atoms with E-state index in [1.807, 2.05) is 0 Å². The number of anilines is 1. The van der Waals surface area contributed by atoms with Crippen molar-refractivity contribution < 1.29 is 41.8 Å². The first-order valence-corrected chi connectivity index (χ1v) is 10.0. The van der Waals surface area contributed by atoms with Gasteiger partial charge in [0, 0.05) is 20.0 Å². The predicted molar refractivity (Wildman–Crippen MR) is 101 cm³/mol. The Morgan fingerprint density at radius 3 is 2.47 bits per heavy atom. The molecule has 32 heavy (non-hydrogen) atoms. The molecule has 3 amide bonds. The smallest absolute Gasteiger partial charge is 0.423 e. The summed E-state index contributed by atoms with van der Waals surface area (Å²) in [6.07, 6.45) is -9.30. The van der Waals surface area contributed by atoms with Gasteiger partial charge in [0.25, 0.3) is 5.91 Å². The van der Waals surface area contributed by atoms with Gasteiger partial charge >= 0.3 is 12.3 Å². The van der Waals surface area contributed by atoms with Crippen LogP contribution in [-0.4, -0.2) is 72.5 Å². The molecule has 1 aromatic carbocycles. The zero-order chi connectivity index (χ0) is 23.4. The maximum Gasteiger partial charge on any atom is 0.423 e. The van der Waals surface area contributed by atoms with Crippen LogP contribution in [-0.2, 0) is 14.3 Å². The van der Waals surface area contributed by atoms with Gasteiger partial charge < -0.3 is 20.1 Å². The summed E-state index contributed by atoms with van der Waals surface area (Å²) in [7, 11) is 0. The number of piperidine rings is 1. The first kappa shape index (κ1) is 22.3. The summed E-state index contributed by atoms with van der Waals surface area (Å²) in [5.74, 6) is -2.82. The van der Waals surface area contributed by atoms with E-state index >= 15 is 0 Å². The number of amides is 3. The highest BCUT2D eigenvalue weighted by Crippen LogP contribution is 2.59. The van der Waals surface area contributed by atoms with Gasteiger partial charge in [-0.05, 0) is 35.4 Å². The lowest BCUT2D eigenvalue weighted by Gasteiger charge is -2.24. The Bertz CT molecular complexity index is 944. The minimum atomic E-state index is -5.02. The molecule has 0 spiro atoms. The number of carbonyl (C=O) groups excluding carboxylic acids is 3. The fraction of sp³-hybridized carbons (Fsp3) is 0.550. The summed E-state index contributed by atoms with van der Waals surface area (Å²) in [6.45, 7) is 1.66. The second-order valence-electron chi connectivity index (χ2n) is 8.30. The van der Waals surface area contributed by atoms with Crippen molar-refractivity contribution in [3.05, 3.63) is 29.6 Å². The van der Waals surface area contributed by atoms with E-state index in [9.17, 15) is 31.9 Å². The van der Waals surface area contributed by atoms with Crippen molar-refractivity contribution in [2.75, 3.05) is 31.1 Å². The van der Waals surface area contributed by atoms with Gasteiger partial charge in [0.2, 0.25) is 12.0 Å². The highest BCUT2D eigenvalue weighted by atomic mass is 19.4. The molecular formula is C20H21F4N3O5. The molecule has 8 nitrogen and oxygen atoms in total. The van der Waals surface area contributed by atoms with Crippen LogP contribution in [0.4, 0.5) is 28.0 Å². The fourth-order valence-corrected chi connectivity index (χ4v) is 4.53. The normalized spacial score (nSPS) is 27.8. The van der Waals surface area contributed by atoms with E-state index in [0.29, 0.717) is 5.56 Å². The molecule has 12 heteroatoms. The van der Waals surface area contributed by atoms with Crippen molar-refractivity contribution in [3.8, 4) is 0 Å². The average Bonchev–Trinajstić information content (AvgIpc) is 3.03. The van der Waals surface area contributed by atoms with Crippen molar-refractivity contribution in [3.63, 3.8) is 0 Å². The van der Waals surface area contributed by atoms with Crippen LogP contribution < -0.4 is 10.2 Å². The summed E-state index contributed by atoms with van der Waals surface area (Å²) in [4.78, 5) is 37.1. The number of alkyl halides is 3. The van der Waals surface area contributed by atoms with Crippen LogP contribution in [0, 0.1) is 17.7 Å². The standard InChI is InChI=1S/C20H21F4N3O5/c1-9(28)25-5-11-6-27(19(31)32-11)10-2-3-12(15(21)4-10)16-13-7-26(8-14(13)16)18(30)17(29)20(22,23)24/h2-4,11,13-14,16-17,29H,5-8H2,1H3,(H,25,28)/t11-,13-,14+,16+,17+/m0/s1. The third-order valence-corrected chi connectivity index (χ3v) is 6.16. The number of aliphatic hydroxyl groups excluding tert-OH is 1. The minimum Gasteiger partial charge on any atom is -0.442 e. The number of fused-ring (bicyclic) bond motifs is 1. The topological polar surface area (TPSA) is 99.2 Å². The third-order valence-electron chi connectivity index (χ3n) is 6.16. The Morgan fingerprint density at radius 2 is 1.91 bits per heavy atom. The van der Waals surface area contributed by atoms with Gasteiger partial charge in [-0.25, -0.2) is 9.18 Å². The van der Waals surface area contributed by atoms with E-state index in [1.165, 1.54) is 24.0 Å². The number of cyclic esters (lactones) is 1. The van der Waals surface area contributed by atoms with Crippen LogP contribution in [0.2, 0.25) is 0 Å². The van der Waals surface area contributed by atoms with Gasteiger partial charge in [-0.3, -0.25) is 14.5 Å². The number of carbonyl (C=O) groups is 3. The second kappa shape index (κ2) is 7.91. The van der Waals surface area contributed by atoms with E-state index < -0.39 is 36.2 Å². The molecule has 0 aromatic heterocycles. The molecule has 0 unspecified atom stereocenters. The predicted octanol–water partition coefficient (Wildman–Crippen LogP) is 1.38. The Kier molecular flexibility index (Phi) is 5.51. The number of hydrogen-bond acceptors (Lipinski definition) is 5. The first-order valence-electron chi connectivity index (χ1n) is 10.0. The van der Waals surface area contributed by atoms with Gasteiger partial charge in [0.15, 0.2) is 0 Å². The van der Waals surface area contributed by atoms with Crippen LogP contribution in [0.25, 0.3) is 0 Å². The number of nitrogens with zero attached hydrogens (tertiary/aromatic N) is 2. The molecule has 1 aliphatic carbocycles. The molecule has 2 N–H and O–H groups in total. The van der Waals surface area contributed by atoms with E-state index in [2.05, 4.69) is 5.32 Å². The molecule has 0 radical (unpaired) electrons. The SMILES string of the molecule is CC(=O)NC[C@H]1CN(c2ccc([C@H]3[C@@H]4CN(C(=O)[C@@H](O)C(F)(F)F)C[C@@H]43)c(F)c2)C(=O)O1. The average molecular weight is 459 g/mol. The van der Waals surface area contributed by atoms with Crippen molar-refractivity contribution >= 4 is 23.6 Å². The molecule has 174 valence electrons. The number of nitrogens with one attached hydrogen (secondary N) is 1. The number of likely N-dealkylation sites (tertiary alicyclic amines) is 1. The summed E-state index contributed by atoms with van der Waals surface area (Å²) >= 11 is 0. The molecule has 3 fully saturated rings. The quantitative estimate of drug-likeness (QED) is 0.649. The van der Waals surface area contributed by atoms with Gasteiger partial charge in [0.05, 0.1) is 18.8 Å². The minimum absolute atomic E-state index is 0.0196. The maximum atomic E-state index is 14.8. The number of ether oxygens (including phenoxy) is 1. The highest BCUT2D eigenvalue weighted by molar-refractivity contribution is 5.90. The van der Waals surface area contributed by atoms with Crippen LogP contribution in [0.15, 0.2) is 18.2 Å². The van der Waals surface area contributed by atoms with E-state index in [4.69, 9.17) is 9.84 Å². The molecule has 1 saturated carbocycles.